The van der Waals surface area contributed by atoms with Crippen LogP contribution < -0.4 is 10.5 Å². The first-order chi connectivity index (χ1) is 8.87. The minimum absolute atomic E-state index is 0.0692. The molecule has 8 heteroatoms. The molecule has 1 aromatic carbocycles. The molecule has 0 fully saturated rings. The Bertz CT molecular complexity index is 698. The topological polar surface area (TPSA) is 98.0 Å². The number of nitrogens with two attached hydrogens (primary N) is 1. The number of anilines is 2. The number of benzene rings is 1. The molecule has 0 atom stereocenters. The number of rotatable bonds is 3. The van der Waals surface area contributed by atoms with Crippen molar-refractivity contribution in [2.75, 3.05) is 10.5 Å². The molecule has 2 rings (SSSR count). The summed E-state index contributed by atoms with van der Waals surface area (Å²) in [6.07, 6.45) is 1.17. The third kappa shape index (κ3) is 3.33. The van der Waals surface area contributed by atoms with Crippen molar-refractivity contribution in [1.29, 1.82) is 0 Å². The van der Waals surface area contributed by atoms with E-state index in [1.807, 2.05) is 0 Å². The highest BCUT2D eigenvalue weighted by atomic mass is 35.5. The van der Waals surface area contributed by atoms with Crippen molar-refractivity contribution in [2.45, 2.75) is 11.8 Å². The molecule has 0 saturated carbocycles. The zero-order valence-corrected chi connectivity index (χ0v) is 11.5. The second kappa shape index (κ2) is 5.02. The Labute approximate surface area is 115 Å². The van der Waals surface area contributed by atoms with E-state index in [9.17, 15) is 8.42 Å². The van der Waals surface area contributed by atoms with Gasteiger partial charge in [-0.25, -0.2) is 18.4 Å². The van der Waals surface area contributed by atoms with Crippen LogP contribution in [0.2, 0.25) is 5.15 Å². The minimum atomic E-state index is -3.75. The summed E-state index contributed by atoms with van der Waals surface area (Å²) >= 11 is 5.66. The monoisotopic (exact) mass is 298 g/mol. The van der Waals surface area contributed by atoms with E-state index < -0.39 is 10.0 Å². The van der Waals surface area contributed by atoms with E-state index in [1.54, 1.807) is 13.0 Å². The largest absolute Gasteiger partial charge is 0.399 e. The van der Waals surface area contributed by atoms with Gasteiger partial charge in [0, 0.05) is 11.8 Å². The average Bonchev–Trinajstić information content (AvgIpc) is 2.26. The molecule has 0 aliphatic rings. The van der Waals surface area contributed by atoms with Crippen LogP contribution in [0.15, 0.2) is 35.5 Å². The summed E-state index contributed by atoms with van der Waals surface area (Å²) in [6, 6.07) is 5.89. The quantitative estimate of drug-likeness (QED) is 0.665. The third-order valence-corrected chi connectivity index (χ3v) is 3.80. The Kier molecular flexibility index (Phi) is 3.59. The molecule has 100 valence electrons. The molecule has 1 aromatic heterocycles. The number of nitrogen functional groups attached to an aromatic ring is 1. The molecule has 6 nitrogen and oxygen atoms in total. The first-order valence-corrected chi connectivity index (χ1v) is 7.10. The van der Waals surface area contributed by atoms with Crippen LogP contribution in [0.3, 0.4) is 0 Å². The van der Waals surface area contributed by atoms with Gasteiger partial charge < -0.3 is 5.73 Å². The summed E-state index contributed by atoms with van der Waals surface area (Å²) in [5.74, 6) is 0.0973. The highest BCUT2D eigenvalue weighted by Gasteiger charge is 2.16. The maximum absolute atomic E-state index is 12.1. The van der Waals surface area contributed by atoms with E-state index in [-0.39, 0.29) is 15.9 Å². The molecular weight excluding hydrogens is 288 g/mol. The number of nitrogens with one attached hydrogen (secondary N) is 1. The van der Waals surface area contributed by atoms with Gasteiger partial charge in [-0.3, -0.25) is 4.72 Å². The van der Waals surface area contributed by atoms with Gasteiger partial charge in [0.25, 0.3) is 10.0 Å². The van der Waals surface area contributed by atoms with E-state index in [0.717, 1.165) is 5.56 Å². The maximum atomic E-state index is 12.1. The van der Waals surface area contributed by atoms with E-state index in [4.69, 9.17) is 17.3 Å². The second-order valence-electron chi connectivity index (χ2n) is 3.91. The van der Waals surface area contributed by atoms with Crippen LogP contribution in [-0.2, 0) is 10.0 Å². The highest BCUT2D eigenvalue weighted by Crippen LogP contribution is 2.19. The van der Waals surface area contributed by atoms with Gasteiger partial charge >= 0.3 is 0 Å². The van der Waals surface area contributed by atoms with Gasteiger partial charge in [0.05, 0.1) is 4.90 Å². The summed E-state index contributed by atoms with van der Waals surface area (Å²) in [5.41, 5.74) is 6.76. The lowest BCUT2D eigenvalue weighted by Crippen LogP contribution is -2.14. The molecule has 1 heterocycles. The molecule has 2 aromatic rings. The normalized spacial score (nSPS) is 11.3. The van der Waals surface area contributed by atoms with Crippen molar-refractivity contribution in [1.82, 2.24) is 9.97 Å². The summed E-state index contributed by atoms with van der Waals surface area (Å²) in [5, 5.41) is 0.149. The Morgan fingerprint density at radius 2 is 1.95 bits per heavy atom. The van der Waals surface area contributed by atoms with Gasteiger partial charge in [0.2, 0.25) is 0 Å². The molecule has 0 bridgehead atoms. The van der Waals surface area contributed by atoms with Gasteiger partial charge in [-0.2, -0.15) is 0 Å². The van der Waals surface area contributed by atoms with Crippen LogP contribution in [0.25, 0.3) is 0 Å². The molecule has 0 saturated heterocycles. The van der Waals surface area contributed by atoms with Crippen molar-refractivity contribution in [3.8, 4) is 0 Å². The van der Waals surface area contributed by atoms with E-state index >= 15 is 0 Å². The molecule has 3 N–H and O–H groups in total. The Morgan fingerprint density at radius 1 is 1.21 bits per heavy atom. The van der Waals surface area contributed by atoms with Gasteiger partial charge in [-0.15, -0.1) is 0 Å². The molecule has 0 unspecified atom stereocenters. The van der Waals surface area contributed by atoms with Gasteiger partial charge in [0.15, 0.2) is 0 Å². The summed E-state index contributed by atoms with van der Waals surface area (Å²) in [4.78, 5) is 7.52. The SMILES string of the molecule is Cc1cc(N)cc(S(=O)(=O)Nc2cc(Cl)ncn2)c1. The fraction of sp³-hybridized carbons (Fsp3) is 0.0909. The Morgan fingerprint density at radius 3 is 2.58 bits per heavy atom. The van der Waals surface area contributed by atoms with E-state index in [1.165, 1.54) is 24.5 Å². The minimum Gasteiger partial charge on any atom is -0.399 e. The Balaban J connectivity index is 2.37. The first-order valence-electron chi connectivity index (χ1n) is 5.24. The molecule has 0 radical (unpaired) electrons. The van der Waals surface area contributed by atoms with Crippen LogP contribution in [0.4, 0.5) is 11.5 Å². The zero-order chi connectivity index (χ0) is 14.0. The van der Waals surface area contributed by atoms with Crippen molar-refractivity contribution < 1.29 is 8.42 Å². The van der Waals surface area contributed by atoms with Crippen molar-refractivity contribution in [3.05, 3.63) is 41.3 Å². The van der Waals surface area contributed by atoms with Gasteiger partial charge in [-0.1, -0.05) is 11.6 Å². The van der Waals surface area contributed by atoms with Crippen molar-refractivity contribution >= 4 is 33.1 Å². The lowest BCUT2D eigenvalue weighted by molar-refractivity contribution is 0.601. The number of sulfonamides is 1. The van der Waals surface area contributed by atoms with Crippen LogP contribution in [0.5, 0.6) is 0 Å². The number of hydrogen-bond donors (Lipinski definition) is 2. The number of halogens is 1. The number of aromatic nitrogens is 2. The molecule has 0 amide bonds. The molecule has 0 spiro atoms. The first kappa shape index (κ1) is 13.6. The van der Waals surface area contributed by atoms with Crippen LogP contribution in [0, 0.1) is 6.92 Å². The second-order valence-corrected chi connectivity index (χ2v) is 5.98. The number of nitrogens with zero attached hydrogens (tertiary/aromatic N) is 2. The van der Waals surface area contributed by atoms with Crippen molar-refractivity contribution in [2.24, 2.45) is 0 Å². The molecule has 19 heavy (non-hydrogen) atoms. The Hall–Kier alpha value is -1.86. The third-order valence-electron chi connectivity index (χ3n) is 2.26. The molecular formula is C11H11ClN4O2S. The van der Waals surface area contributed by atoms with Crippen LogP contribution >= 0.6 is 11.6 Å². The summed E-state index contributed by atoms with van der Waals surface area (Å²) in [6.45, 7) is 1.76. The fourth-order valence-electron chi connectivity index (χ4n) is 1.52. The van der Waals surface area contributed by atoms with E-state index in [0.29, 0.717) is 5.69 Å². The predicted octanol–water partition coefficient (Wildman–Crippen LogP) is 1.82. The summed E-state index contributed by atoms with van der Waals surface area (Å²) < 4.78 is 26.6. The lowest BCUT2D eigenvalue weighted by atomic mass is 10.2. The molecule has 0 aliphatic carbocycles. The highest BCUT2D eigenvalue weighted by molar-refractivity contribution is 7.92. The lowest BCUT2D eigenvalue weighted by Gasteiger charge is -2.08. The zero-order valence-electron chi connectivity index (χ0n) is 9.96. The molecule has 0 aliphatic heterocycles. The predicted molar refractivity (Wildman–Crippen MR) is 73.4 cm³/mol. The van der Waals surface area contributed by atoms with Crippen LogP contribution in [-0.4, -0.2) is 18.4 Å². The van der Waals surface area contributed by atoms with E-state index in [2.05, 4.69) is 14.7 Å². The van der Waals surface area contributed by atoms with Crippen molar-refractivity contribution in [3.63, 3.8) is 0 Å². The maximum Gasteiger partial charge on any atom is 0.263 e. The number of hydrogen-bond acceptors (Lipinski definition) is 5. The fourth-order valence-corrected chi connectivity index (χ4v) is 2.80. The average molecular weight is 299 g/mol. The number of aryl methyl sites for hydroxylation is 1. The smallest absolute Gasteiger partial charge is 0.263 e. The van der Waals surface area contributed by atoms with Gasteiger partial charge in [0.1, 0.15) is 17.3 Å². The summed E-state index contributed by atoms with van der Waals surface area (Å²) in [7, 11) is -3.75. The van der Waals surface area contributed by atoms with Crippen LogP contribution in [0.1, 0.15) is 5.56 Å². The van der Waals surface area contributed by atoms with Gasteiger partial charge in [-0.05, 0) is 30.7 Å². The standard InChI is InChI=1S/C11H11ClN4O2S/c1-7-2-8(13)4-9(3-7)19(17,18)16-11-5-10(12)14-6-15-11/h2-6H,13H2,1H3,(H,14,15,16).